The van der Waals surface area contributed by atoms with Gasteiger partial charge in [-0.2, -0.15) is 0 Å². The monoisotopic (exact) mass is 240 g/mol. The van der Waals surface area contributed by atoms with Gasteiger partial charge in [0.2, 0.25) is 5.91 Å². The molecule has 17 heavy (non-hydrogen) atoms. The maximum absolute atomic E-state index is 12.4. The summed E-state index contributed by atoms with van der Waals surface area (Å²) in [6, 6.07) is 0.491. The maximum Gasteiger partial charge on any atom is 0.239 e. The Morgan fingerprint density at radius 1 is 1.18 bits per heavy atom. The molecule has 0 spiro atoms. The fraction of sp³-hybridized carbons (Fsp3) is 0.923. The van der Waals surface area contributed by atoms with Crippen molar-refractivity contribution in [2.24, 2.45) is 0 Å². The average molecular weight is 240 g/mol. The summed E-state index contributed by atoms with van der Waals surface area (Å²) in [5, 5.41) is 3.41. The zero-order chi connectivity index (χ0) is 12.4. The summed E-state index contributed by atoms with van der Waals surface area (Å²) in [7, 11) is 0. The van der Waals surface area contributed by atoms with E-state index in [4.69, 9.17) is 4.74 Å². The van der Waals surface area contributed by atoms with Crippen LogP contribution >= 0.6 is 0 Å². The molecule has 4 atom stereocenters. The minimum Gasteiger partial charge on any atom is -0.372 e. The topological polar surface area (TPSA) is 41.6 Å². The van der Waals surface area contributed by atoms with Gasteiger partial charge in [0.05, 0.1) is 18.2 Å². The lowest BCUT2D eigenvalue weighted by atomic mass is 9.98. The van der Waals surface area contributed by atoms with Crippen molar-refractivity contribution < 1.29 is 9.53 Å². The Hall–Kier alpha value is -0.610. The van der Waals surface area contributed by atoms with Crippen LogP contribution in [0.15, 0.2) is 0 Å². The second-order valence-electron chi connectivity index (χ2n) is 5.55. The highest BCUT2D eigenvalue weighted by molar-refractivity contribution is 5.82. The molecule has 2 heterocycles. The predicted molar refractivity (Wildman–Crippen MR) is 66.8 cm³/mol. The lowest BCUT2D eigenvalue weighted by molar-refractivity contribution is -0.146. The largest absolute Gasteiger partial charge is 0.372 e. The van der Waals surface area contributed by atoms with E-state index in [2.05, 4.69) is 12.2 Å². The number of morpholine rings is 1. The molecule has 2 unspecified atom stereocenters. The number of rotatable bonds is 1. The Kier molecular flexibility index (Phi) is 4.05. The quantitative estimate of drug-likeness (QED) is 0.747. The highest BCUT2D eigenvalue weighted by Gasteiger charge is 2.32. The van der Waals surface area contributed by atoms with Crippen molar-refractivity contribution in [2.45, 2.75) is 64.3 Å². The van der Waals surface area contributed by atoms with Gasteiger partial charge in [-0.3, -0.25) is 4.79 Å². The Bertz CT molecular complexity index is 273. The first-order valence-electron chi connectivity index (χ1n) is 6.76. The molecule has 1 N–H and O–H groups in total. The van der Waals surface area contributed by atoms with Crippen LogP contribution in [0.4, 0.5) is 0 Å². The third-order valence-electron chi connectivity index (χ3n) is 3.65. The van der Waals surface area contributed by atoms with Crippen LogP contribution < -0.4 is 5.32 Å². The summed E-state index contributed by atoms with van der Waals surface area (Å²) < 4.78 is 5.66. The lowest BCUT2D eigenvalue weighted by Crippen LogP contribution is -2.56. The van der Waals surface area contributed by atoms with Gasteiger partial charge < -0.3 is 15.0 Å². The van der Waals surface area contributed by atoms with Crippen LogP contribution in [0.3, 0.4) is 0 Å². The van der Waals surface area contributed by atoms with Crippen LogP contribution in [0, 0.1) is 0 Å². The van der Waals surface area contributed by atoms with Crippen molar-refractivity contribution in [1.82, 2.24) is 10.2 Å². The second kappa shape index (κ2) is 5.36. The standard InChI is InChI=1S/C13H24N2O2/c1-9-5-4-6-12(14-9)13(16)15-7-10(2)17-11(3)8-15/h9-12,14H,4-8H2,1-3H3/t9?,10-,11+,12?. The molecule has 2 aliphatic rings. The molecule has 2 fully saturated rings. The van der Waals surface area contributed by atoms with Gasteiger partial charge in [0.15, 0.2) is 0 Å². The third-order valence-corrected chi connectivity index (χ3v) is 3.65. The van der Waals surface area contributed by atoms with Gasteiger partial charge in [-0.05, 0) is 40.0 Å². The van der Waals surface area contributed by atoms with Crippen molar-refractivity contribution in [3.05, 3.63) is 0 Å². The molecule has 0 aromatic rings. The first-order valence-corrected chi connectivity index (χ1v) is 6.76. The van der Waals surface area contributed by atoms with E-state index in [9.17, 15) is 4.79 Å². The van der Waals surface area contributed by atoms with Gasteiger partial charge in [-0.15, -0.1) is 0 Å². The van der Waals surface area contributed by atoms with Gasteiger partial charge in [0.1, 0.15) is 0 Å². The SMILES string of the molecule is CC1CCCC(C(=O)N2C[C@@H](C)O[C@@H](C)C2)N1. The van der Waals surface area contributed by atoms with E-state index in [1.807, 2.05) is 18.7 Å². The number of hydrogen-bond donors (Lipinski definition) is 1. The smallest absolute Gasteiger partial charge is 0.239 e. The van der Waals surface area contributed by atoms with Crippen molar-refractivity contribution in [3.63, 3.8) is 0 Å². The number of hydrogen-bond acceptors (Lipinski definition) is 3. The van der Waals surface area contributed by atoms with Crippen LogP contribution in [-0.4, -0.2) is 48.2 Å². The Morgan fingerprint density at radius 2 is 1.82 bits per heavy atom. The molecule has 0 aromatic heterocycles. The highest BCUT2D eigenvalue weighted by Crippen LogP contribution is 2.17. The minimum absolute atomic E-state index is 0.0243. The molecule has 98 valence electrons. The molecule has 2 rings (SSSR count). The number of carbonyl (C=O) groups excluding carboxylic acids is 1. The number of piperidine rings is 1. The van der Waals surface area contributed by atoms with E-state index in [1.165, 1.54) is 6.42 Å². The van der Waals surface area contributed by atoms with Crippen LogP contribution in [0.2, 0.25) is 0 Å². The van der Waals surface area contributed by atoms with E-state index in [0.29, 0.717) is 6.04 Å². The summed E-state index contributed by atoms with van der Waals surface area (Å²) in [4.78, 5) is 14.4. The minimum atomic E-state index is 0.0243. The fourth-order valence-electron chi connectivity index (χ4n) is 2.91. The van der Waals surface area contributed by atoms with Crippen molar-refractivity contribution in [3.8, 4) is 0 Å². The number of amides is 1. The fourth-order valence-corrected chi connectivity index (χ4v) is 2.91. The molecule has 0 radical (unpaired) electrons. The molecule has 2 saturated heterocycles. The Labute approximate surface area is 104 Å². The molecule has 0 bridgehead atoms. The molecule has 0 saturated carbocycles. The molecule has 4 heteroatoms. The van der Waals surface area contributed by atoms with Crippen molar-refractivity contribution >= 4 is 5.91 Å². The normalized spacial score (nSPS) is 39.1. The Balaban J connectivity index is 1.94. The molecular formula is C13H24N2O2. The van der Waals surface area contributed by atoms with Crippen LogP contribution in [0.5, 0.6) is 0 Å². The number of nitrogens with zero attached hydrogens (tertiary/aromatic N) is 1. The first kappa shape index (κ1) is 12.8. The van der Waals surface area contributed by atoms with E-state index in [1.54, 1.807) is 0 Å². The third kappa shape index (κ3) is 3.19. The summed E-state index contributed by atoms with van der Waals surface area (Å²) >= 11 is 0. The van der Waals surface area contributed by atoms with Gasteiger partial charge in [-0.1, -0.05) is 0 Å². The zero-order valence-corrected chi connectivity index (χ0v) is 11.1. The van der Waals surface area contributed by atoms with Gasteiger partial charge in [0.25, 0.3) is 0 Å². The van der Waals surface area contributed by atoms with Crippen molar-refractivity contribution in [1.29, 1.82) is 0 Å². The molecule has 0 aromatic carbocycles. The molecule has 4 nitrogen and oxygen atoms in total. The first-order chi connectivity index (χ1) is 8.06. The van der Waals surface area contributed by atoms with Crippen LogP contribution in [0.25, 0.3) is 0 Å². The summed E-state index contributed by atoms with van der Waals surface area (Å²) in [6.07, 6.45) is 3.62. The average Bonchev–Trinajstić information content (AvgIpc) is 2.26. The molecule has 2 aliphatic heterocycles. The summed E-state index contributed by atoms with van der Waals surface area (Å²) in [5.41, 5.74) is 0. The molecular weight excluding hydrogens is 216 g/mol. The molecule has 0 aliphatic carbocycles. The Morgan fingerprint density at radius 3 is 2.41 bits per heavy atom. The molecule has 1 amide bonds. The zero-order valence-electron chi connectivity index (χ0n) is 11.1. The van der Waals surface area contributed by atoms with E-state index < -0.39 is 0 Å². The van der Waals surface area contributed by atoms with Crippen LogP contribution in [-0.2, 0) is 9.53 Å². The van der Waals surface area contributed by atoms with E-state index in [-0.39, 0.29) is 24.2 Å². The second-order valence-corrected chi connectivity index (χ2v) is 5.55. The lowest BCUT2D eigenvalue weighted by Gasteiger charge is -2.38. The predicted octanol–water partition coefficient (Wildman–Crippen LogP) is 1.15. The van der Waals surface area contributed by atoms with Gasteiger partial charge >= 0.3 is 0 Å². The number of nitrogens with one attached hydrogen (secondary N) is 1. The summed E-state index contributed by atoms with van der Waals surface area (Å²) in [6.45, 7) is 7.69. The van der Waals surface area contributed by atoms with Crippen LogP contribution in [0.1, 0.15) is 40.0 Å². The number of ether oxygens (including phenoxy) is 1. The van der Waals surface area contributed by atoms with E-state index in [0.717, 1.165) is 25.9 Å². The summed E-state index contributed by atoms with van der Waals surface area (Å²) in [5.74, 6) is 0.263. The van der Waals surface area contributed by atoms with Gasteiger partial charge in [-0.25, -0.2) is 0 Å². The highest BCUT2D eigenvalue weighted by atomic mass is 16.5. The van der Waals surface area contributed by atoms with Crippen molar-refractivity contribution in [2.75, 3.05) is 13.1 Å². The maximum atomic E-state index is 12.4. The van der Waals surface area contributed by atoms with E-state index >= 15 is 0 Å². The number of carbonyl (C=O) groups is 1. The van der Waals surface area contributed by atoms with Gasteiger partial charge in [0, 0.05) is 19.1 Å².